The number of amides is 1. The molecule has 2 aliphatic rings. The molecule has 1 aromatic rings. The molecular formula is C22H31NO9. The predicted octanol–water partition coefficient (Wildman–Crippen LogP) is 0.676. The molecule has 0 aliphatic carbocycles. The third kappa shape index (κ3) is 4.80. The molecule has 0 spiro atoms. The summed E-state index contributed by atoms with van der Waals surface area (Å²) in [5, 5.41) is 13.2. The van der Waals surface area contributed by atoms with E-state index in [2.05, 4.69) is 5.32 Å². The molecule has 0 unspecified atom stereocenters. The Balaban J connectivity index is 1.92. The maximum atomic E-state index is 13.3. The number of esters is 1. The van der Waals surface area contributed by atoms with E-state index in [0.717, 1.165) is 0 Å². The lowest BCUT2D eigenvalue weighted by molar-refractivity contribution is -0.229. The first-order chi connectivity index (χ1) is 15.2. The third-order valence-corrected chi connectivity index (χ3v) is 5.73. The highest BCUT2D eigenvalue weighted by atomic mass is 16.8. The molecule has 10 heteroatoms. The number of rotatable bonds is 9. The van der Waals surface area contributed by atoms with Gasteiger partial charge in [-0.1, -0.05) is 30.3 Å². The van der Waals surface area contributed by atoms with Crippen molar-refractivity contribution < 1.29 is 43.1 Å². The van der Waals surface area contributed by atoms with Crippen molar-refractivity contribution in [2.75, 3.05) is 27.9 Å². The summed E-state index contributed by atoms with van der Waals surface area (Å²) in [5.41, 5.74) is -0.976. The molecule has 2 heterocycles. The zero-order valence-electron chi connectivity index (χ0n) is 18.9. The van der Waals surface area contributed by atoms with E-state index in [1.807, 2.05) is 6.07 Å². The highest BCUT2D eigenvalue weighted by Crippen LogP contribution is 2.42. The molecule has 32 heavy (non-hydrogen) atoms. The van der Waals surface area contributed by atoms with Gasteiger partial charge in [0, 0.05) is 14.2 Å². The van der Waals surface area contributed by atoms with E-state index < -0.39 is 60.5 Å². The van der Waals surface area contributed by atoms with Gasteiger partial charge in [-0.3, -0.25) is 9.59 Å². The Kier molecular flexibility index (Phi) is 7.53. The van der Waals surface area contributed by atoms with Crippen molar-refractivity contribution in [3.63, 3.8) is 0 Å². The molecule has 2 aliphatic heterocycles. The molecule has 0 radical (unpaired) electrons. The molecule has 0 bridgehead atoms. The van der Waals surface area contributed by atoms with Gasteiger partial charge in [-0.15, -0.1) is 0 Å². The fraction of sp³-hybridized carbons (Fsp3) is 0.636. The van der Waals surface area contributed by atoms with Crippen molar-refractivity contribution in [1.29, 1.82) is 0 Å². The lowest BCUT2D eigenvalue weighted by atomic mass is 9.85. The number of carbonyl (C=O) groups excluding carboxylic acids is 2. The third-order valence-electron chi connectivity index (χ3n) is 5.73. The number of fused-ring (bicyclic) bond motifs is 1. The molecule has 10 nitrogen and oxygen atoms in total. The zero-order valence-corrected chi connectivity index (χ0v) is 18.9. The summed E-state index contributed by atoms with van der Waals surface area (Å²) in [4.78, 5) is 25.6. The smallest absolute Gasteiger partial charge is 0.308 e. The minimum atomic E-state index is -1.59. The summed E-state index contributed by atoms with van der Waals surface area (Å²) in [6.07, 6.45) is -4.48. The topological polar surface area (TPSA) is 122 Å². The number of ether oxygens (including phenoxy) is 6. The first kappa shape index (κ1) is 24.6. The summed E-state index contributed by atoms with van der Waals surface area (Å²) in [6, 6.07) is 8.86. The molecule has 2 fully saturated rings. The number of hydrogen-bond acceptors (Lipinski definition) is 9. The Morgan fingerprint density at radius 2 is 1.88 bits per heavy atom. The molecule has 6 atom stereocenters. The van der Waals surface area contributed by atoms with Crippen LogP contribution in [0.4, 0.5) is 0 Å². The Hall–Kier alpha value is -2.08. The average molecular weight is 453 g/mol. The summed E-state index contributed by atoms with van der Waals surface area (Å²) >= 11 is 0. The van der Waals surface area contributed by atoms with Crippen molar-refractivity contribution in [1.82, 2.24) is 5.32 Å². The Bertz CT molecular complexity index is 802. The van der Waals surface area contributed by atoms with Crippen LogP contribution in [-0.2, 0) is 38.0 Å². The first-order valence-electron chi connectivity index (χ1n) is 10.3. The predicted molar refractivity (Wildman–Crippen MR) is 110 cm³/mol. The normalized spacial score (nSPS) is 29.1. The van der Waals surface area contributed by atoms with Gasteiger partial charge in [0.25, 0.3) is 5.91 Å². The monoisotopic (exact) mass is 453 g/mol. The van der Waals surface area contributed by atoms with E-state index in [-0.39, 0.29) is 6.42 Å². The second kappa shape index (κ2) is 9.82. The van der Waals surface area contributed by atoms with Gasteiger partial charge < -0.3 is 38.8 Å². The maximum absolute atomic E-state index is 13.3. The van der Waals surface area contributed by atoms with E-state index >= 15 is 0 Å². The summed E-state index contributed by atoms with van der Waals surface area (Å²) in [7, 11) is 4.08. The molecule has 2 saturated heterocycles. The lowest BCUT2D eigenvalue weighted by Crippen LogP contribution is -2.64. The van der Waals surface area contributed by atoms with Gasteiger partial charge in [0.2, 0.25) is 0 Å². The molecule has 1 aromatic carbocycles. The van der Waals surface area contributed by atoms with Gasteiger partial charge in [0.15, 0.2) is 18.2 Å². The number of aliphatic hydroxyl groups is 1. The van der Waals surface area contributed by atoms with Gasteiger partial charge in [0.05, 0.1) is 20.1 Å². The van der Waals surface area contributed by atoms with Gasteiger partial charge in [0.1, 0.15) is 23.9 Å². The van der Waals surface area contributed by atoms with Crippen molar-refractivity contribution in [3.05, 3.63) is 35.9 Å². The second-order valence-electron chi connectivity index (χ2n) is 8.31. The average Bonchev–Trinajstić information content (AvgIpc) is 3.25. The van der Waals surface area contributed by atoms with E-state index in [0.29, 0.717) is 5.56 Å². The number of aliphatic hydroxyl groups excluding tert-OH is 1. The van der Waals surface area contributed by atoms with Crippen molar-refractivity contribution >= 4 is 11.9 Å². The Morgan fingerprint density at radius 3 is 2.44 bits per heavy atom. The standard InChI is InChI=1S/C22H31NO9/c1-21(2)31-17-16(29-5)18(30-20(17)32-21)22(12-24,11-14(25)27-3)23-19(26)15(28-4)13-9-7-6-8-10-13/h6-10,15-18,20,24H,11-12H2,1-5H3,(H,23,26)/t15-,16-,17+,18-,20+,22+/m0/s1. The van der Waals surface area contributed by atoms with Crippen LogP contribution in [0, 0.1) is 0 Å². The van der Waals surface area contributed by atoms with E-state index in [4.69, 9.17) is 28.4 Å². The summed E-state index contributed by atoms with van der Waals surface area (Å²) in [5.74, 6) is -2.10. The number of hydrogen-bond donors (Lipinski definition) is 2. The largest absolute Gasteiger partial charge is 0.469 e. The fourth-order valence-electron chi connectivity index (χ4n) is 4.25. The van der Waals surface area contributed by atoms with Crippen molar-refractivity contribution in [2.45, 2.75) is 62.3 Å². The lowest BCUT2D eigenvalue weighted by Gasteiger charge is -2.40. The van der Waals surface area contributed by atoms with Crippen LogP contribution >= 0.6 is 0 Å². The Morgan fingerprint density at radius 1 is 1.19 bits per heavy atom. The van der Waals surface area contributed by atoms with Crippen LogP contribution in [0.25, 0.3) is 0 Å². The van der Waals surface area contributed by atoms with Crippen LogP contribution in [0.2, 0.25) is 0 Å². The van der Waals surface area contributed by atoms with Crippen molar-refractivity contribution in [2.24, 2.45) is 0 Å². The summed E-state index contributed by atoms with van der Waals surface area (Å²) in [6.45, 7) is 2.86. The van der Waals surface area contributed by atoms with Gasteiger partial charge >= 0.3 is 5.97 Å². The van der Waals surface area contributed by atoms with Crippen LogP contribution in [0.1, 0.15) is 31.9 Å². The van der Waals surface area contributed by atoms with Crippen LogP contribution in [0.5, 0.6) is 0 Å². The SMILES string of the molecule is COC(=O)C[C@](CO)(NC(=O)[C@@H](OC)c1ccccc1)[C@H]1O[C@@H]2OC(C)(C)O[C@@H]2[C@@H]1OC. The number of carbonyl (C=O) groups is 2. The molecule has 178 valence electrons. The zero-order chi connectivity index (χ0) is 23.5. The van der Waals surface area contributed by atoms with Gasteiger partial charge in [-0.2, -0.15) is 0 Å². The Labute approximate surface area is 187 Å². The number of benzene rings is 1. The fourth-order valence-corrected chi connectivity index (χ4v) is 4.25. The quantitative estimate of drug-likeness (QED) is 0.520. The second-order valence-corrected chi connectivity index (χ2v) is 8.31. The van der Waals surface area contributed by atoms with E-state index in [1.165, 1.54) is 21.3 Å². The highest BCUT2D eigenvalue weighted by molar-refractivity contribution is 5.84. The van der Waals surface area contributed by atoms with E-state index in [1.54, 1.807) is 38.1 Å². The maximum Gasteiger partial charge on any atom is 0.308 e. The van der Waals surface area contributed by atoms with Gasteiger partial charge in [-0.05, 0) is 19.4 Å². The number of nitrogens with one attached hydrogen (secondary N) is 1. The van der Waals surface area contributed by atoms with Crippen molar-refractivity contribution in [3.8, 4) is 0 Å². The number of methoxy groups -OCH3 is 3. The molecule has 0 aromatic heterocycles. The molecule has 3 rings (SSSR count). The minimum Gasteiger partial charge on any atom is -0.469 e. The molecular weight excluding hydrogens is 422 g/mol. The summed E-state index contributed by atoms with van der Waals surface area (Å²) < 4.78 is 33.6. The van der Waals surface area contributed by atoms with Gasteiger partial charge in [-0.25, -0.2) is 0 Å². The first-order valence-corrected chi connectivity index (χ1v) is 10.3. The minimum absolute atomic E-state index is 0.371. The molecule has 2 N–H and O–H groups in total. The van der Waals surface area contributed by atoms with Crippen LogP contribution < -0.4 is 5.32 Å². The molecule has 0 saturated carbocycles. The molecule has 1 amide bonds. The van der Waals surface area contributed by atoms with E-state index in [9.17, 15) is 14.7 Å². The van der Waals surface area contributed by atoms with Crippen LogP contribution in [0.3, 0.4) is 0 Å². The van der Waals surface area contributed by atoms with Crippen LogP contribution in [0.15, 0.2) is 30.3 Å². The highest BCUT2D eigenvalue weighted by Gasteiger charge is 2.61. The van der Waals surface area contributed by atoms with Crippen LogP contribution in [-0.4, -0.2) is 80.8 Å².